The third-order valence-corrected chi connectivity index (χ3v) is 5.51. The molecule has 2 aliphatic rings. The van der Waals surface area contributed by atoms with Crippen LogP contribution >= 0.6 is 0 Å². The highest BCUT2D eigenvalue weighted by Gasteiger charge is 2.29. The van der Waals surface area contributed by atoms with Crippen molar-refractivity contribution in [3.63, 3.8) is 0 Å². The largest absolute Gasteiger partial charge is 0.352 e. The SMILES string of the molecule is CN1N=C(C(=O)N2CCC[C@@H](CCC(=O)NCc3ccc(F)c(F)c3)C2)CCC1=O. The molecule has 9 heteroatoms. The Morgan fingerprint density at radius 2 is 2.03 bits per heavy atom. The van der Waals surface area contributed by atoms with Crippen molar-refractivity contribution in [1.82, 2.24) is 15.2 Å². The molecule has 1 atom stereocenters. The molecular weight excluding hydrogens is 394 g/mol. The Morgan fingerprint density at radius 3 is 2.77 bits per heavy atom. The van der Waals surface area contributed by atoms with Crippen LogP contribution in [0.1, 0.15) is 44.1 Å². The van der Waals surface area contributed by atoms with Crippen molar-refractivity contribution in [1.29, 1.82) is 0 Å². The number of hydrogen-bond acceptors (Lipinski definition) is 4. The van der Waals surface area contributed by atoms with Crippen molar-refractivity contribution in [2.24, 2.45) is 11.0 Å². The van der Waals surface area contributed by atoms with Crippen molar-refractivity contribution in [3.8, 4) is 0 Å². The lowest BCUT2D eigenvalue weighted by atomic mass is 9.92. The summed E-state index contributed by atoms with van der Waals surface area (Å²) in [5.74, 6) is -2.05. The van der Waals surface area contributed by atoms with E-state index in [1.165, 1.54) is 11.1 Å². The maximum atomic E-state index is 13.2. The Hall–Kier alpha value is -2.84. The summed E-state index contributed by atoms with van der Waals surface area (Å²) in [5.41, 5.74) is 0.899. The van der Waals surface area contributed by atoms with Gasteiger partial charge in [-0.25, -0.2) is 13.8 Å². The number of rotatable bonds is 6. The van der Waals surface area contributed by atoms with Crippen molar-refractivity contribution in [2.45, 2.75) is 45.1 Å². The molecule has 2 aliphatic heterocycles. The summed E-state index contributed by atoms with van der Waals surface area (Å²) >= 11 is 0. The van der Waals surface area contributed by atoms with Crippen molar-refractivity contribution < 1.29 is 23.2 Å². The van der Waals surface area contributed by atoms with Crippen LogP contribution in [0.4, 0.5) is 8.78 Å². The number of nitrogens with zero attached hydrogens (tertiary/aromatic N) is 3. The molecule has 3 amide bonds. The fourth-order valence-corrected chi connectivity index (χ4v) is 3.77. The Kier molecular flexibility index (Phi) is 7.12. The number of benzene rings is 1. The summed E-state index contributed by atoms with van der Waals surface area (Å²) < 4.78 is 26.2. The van der Waals surface area contributed by atoms with Crippen molar-refractivity contribution in [2.75, 3.05) is 20.1 Å². The number of hydrazone groups is 1. The zero-order chi connectivity index (χ0) is 21.7. The van der Waals surface area contributed by atoms with E-state index in [4.69, 9.17) is 0 Å². The predicted molar refractivity (Wildman–Crippen MR) is 106 cm³/mol. The number of hydrogen-bond donors (Lipinski definition) is 1. The van der Waals surface area contributed by atoms with E-state index in [1.54, 1.807) is 11.9 Å². The molecule has 0 aliphatic carbocycles. The number of halogens is 2. The molecule has 1 aromatic rings. The maximum Gasteiger partial charge on any atom is 0.270 e. The summed E-state index contributed by atoms with van der Waals surface area (Å²) in [6.07, 6.45) is 3.37. The van der Waals surface area contributed by atoms with Gasteiger partial charge in [0.2, 0.25) is 11.8 Å². The van der Waals surface area contributed by atoms with Gasteiger partial charge in [0, 0.05) is 45.9 Å². The molecule has 0 bridgehead atoms. The van der Waals surface area contributed by atoms with Gasteiger partial charge in [-0.3, -0.25) is 14.4 Å². The number of carbonyl (C=O) groups is 3. The molecule has 0 unspecified atom stereocenters. The lowest BCUT2D eigenvalue weighted by Crippen LogP contribution is -2.45. The average molecular weight is 420 g/mol. The first-order valence-electron chi connectivity index (χ1n) is 10.2. The van der Waals surface area contributed by atoms with Crippen LogP contribution in [-0.2, 0) is 20.9 Å². The molecule has 0 spiro atoms. The minimum absolute atomic E-state index is 0.0996. The first-order chi connectivity index (χ1) is 14.3. The number of nitrogens with one attached hydrogen (secondary N) is 1. The van der Waals surface area contributed by atoms with E-state index in [0.29, 0.717) is 43.6 Å². The molecule has 0 saturated carbocycles. The number of likely N-dealkylation sites (tertiary alicyclic amines) is 1. The summed E-state index contributed by atoms with van der Waals surface area (Å²) in [4.78, 5) is 38.1. The van der Waals surface area contributed by atoms with Crippen LogP contribution in [0.3, 0.4) is 0 Å². The van der Waals surface area contributed by atoms with Crippen LogP contribution in [0, 0.1) is 17.6 Å². The Balaban J connectivity index is 1.45. The van der Waals surface area contributed by atoms with Gasteiger partial charge in [0.1, 0.15) is 5.71 Å². The molecule has 2 heterocycles. The highest BCUT2D eigenvalue weighted by atomic mass is 19.2. The fraction of sp³-hybridized carbons (Fsp3) is 0.524. The van der Waals surface area contributed by atoms with Crippen molar-refractivity contribution >= 4 is 23.4 Å². The van der Waals surface area contributed by atoms with Gasteiger partial charge in [-0.2, -0.15) is 5.10 Å². The van der Waals surface area contributed by atoms with Crippen LogP contribution in [0.15, 0.2) is 23.3 Å². The molecule has 30 heavy (non-hydrogen) atoms. The molecule has 1 aromatic carbocycles. The van der Waals surface area contributed by atoms with Crippen molar-refractivity contribution in [3.05, 3.63) is 35.4 Å². The Labute approximate surface area is 174 Å². The van der Waals surface area contributed by atoms with Gasteiger partial charge in [0.05, 0.1) is 0 Å². The predicted octanol–water partition coefficient (Wildman–Crippen LogP) is 2.21. The fourth-order valence-electron chi connectivity index (χ4n) is 3.77. The molecule has 3 rings (SSSR count). The topological polar surface area (TPSA) is 82.1 Å². The van der Waals surface area contributed by atoms with E-state index in [1.807, 2.05) is 0 Å². The molecule has 0 radical (unpaired) electrons. The number of amides is 3. The highest BCUT2D eigenvalue weighted by Crippen LogP contribution is 2.22. The molecular formula is C21H26F2N4O3. The standard InChI is InChI=1S/C21H26F2N4O3/c1-26-20(29)9-7-18(25-26)21(30)27-10-2-3-14(13-27)5-8-19(28)24-12-15-4-6-16(22)17(23)11-15/h4,6,11,14H,2-3,5,7-10,12-13H2,1H3,(H,24,28)/t14-/m0/s1. The normalized spacial score (nSPS) is 19.5. The zero-order valence-corrected chi connectivity index (χ0v) is 17.0. The third kappa shape index (κ3) is 5.61. The van der Waals surface area contributed by atoms with E-state index in [2.05, 4.69) is 10.4 Å². The van der Waals surface area contributed by atoms with Gasteiger partial charge in [0.15, 0.2) is 11.6 Å². The summed E-state index contributed by atoms with van der Waals surface area (Å²) in [6, 6.07) is 3.54. The average Bonchev–Trinajstić information content (AvgIpc) is 2.74. The third-order valence-electron chi connectivity index (χ3n) is 5.51. The van der Waals surface area contributed by atoms with Gasteiger partial charge in [-0.1, -0.05) is 6.07 Å². The molecule has 1 fully saturated rings. The first-order valence-corrected chi connectivity index (χ1v) is 10.2. The smallest absolute Gasteiger partial charge is 0.270 e. The van der Waals surface area contributed by atoms with E-state index >= 15 is 0 Å². The van der Waals surface area contributed by atoms with E-state index in [-0.39, 0.29) is 36.6 Å². The van der Waals surface area contributed by atoms with Crippen LogP contribution in [0.5, 0.6) is 0 Å². The minimum atomic E-state index is -0.938. The lowest BCUT2D eigenvalue weighted by molar-refractivity contribution is -0.131. The zero-order valence-electron chi connectivity index (χ0n) is 17.0. The van der Waals surface area contributed by atoms with E-state index < -0.39 is 11.6 Å². The number of carbonyl (C=O) groups excluding carboxylic acids is 3. The van der Waals surface area contributed by atoms with Gasteiger partial charge in [0.25, 0.3) is 5.91 Å². The maximum absolute atomic E-state index is 13.2. The first kappa shape index (κ1) is 21.9. The summed E-state index contributed by atoms with van der Waals surface area (Å²) in [7, 11) is 1.55. The molecule has 1 N–H and O–H groups in total. The Bertz CT molecular complexity index is 859. The van der Waals surface area contributed by atoms with E-state index in [0.717, 1.165) is 25.0 Å². The monoisotopic (exact) mass is 420 g/mol. The summed E-state index contributed by atoms with van der Waals surface area (Å²) in [6.45, 7) is 1.34. The molecule has 7 nitrogen and oxygen atoms in total. The highest BCUT2D eigenvalue weighted by molar-refractivity contribution is 6.39. The second kappa shape index (κ2) is 9.77. The molecule has 1 saturated heterocycles. The van der Waals surface area contributed by atoms with Gasteiger partial charge < -0.3 is 10.2 Å². The quantitative estimate of drug-likeness (QED) is 0.766. The van der Waals surface area contributed by atoms with Gasteiger partial charge in [-0.05, 0) is 42.9 Å². The number of piperidine rings is 1. The second-order valence-electron chi connectivity index (χ2n) is 7.79. The van der Waals surface area contributed by atoms with Crippen LogP contribution in [0.2, 0.25) is 0 Å². The van der Waals surface area contributed by atoms with Gasteiger partial charge >= 0.3 is 0 Å². The molecule has 162 valence electrons. The van der Waals surface area contributed by atoms with E-state index in [9.17, 15) is 23.2 Å². The summed E-state index contributed by atoms with van der Waals surface area (Å²) in [5, 5.41) is 8.03. The lowest BCUT2D eigenvalue weighted by Gasteiger charge is -2.33. The Morgan fingerprint density at radius 1 is 1.23 bits per heavy atom. The van der Waals surface area contributed by atoms with Crippen LogP contribution < -0.4 is 5.32 Å². The minimum Gasteiger partial charge on any atom is -0.352 e. The molecule has 0 aromatic heterocycles. The van der Waals surface area contributed by atoms with Crippen LogP contribution in [-0.4, -0.2) is 53.5 Å². The second-order valence-corrected chi connectivity index (χ2v) is 7.79. The van der Waals surface area contributed by atoms with Crippen LogP contribution in [0.25, 0.3) is 0 Å². The van der Waals surface area contributed by atoms with Gasteiger partial charge in [-0.15, -0.1) is 0 Å².